The lowest BCUT2D eigenvalue weighted by molar-refractivity contribution is 0.253. The summed E-state index contributed by atoms with van der Waals surface area (Å²) in [6, 6.07) is 8.69. The van der Waals surface area contributed by atoms with Crippen LogP contribution in [0.3, 0.4) is 0 Å². The quantitative estimate of drug-likeness (QED) is 0.630. The number of anilines is 1. The standard InChI is InChI=1S/C19H34N4O2S/c1-4-23(5-2)26(24,25)20-11-6-7-12-21-13-15-22(16-14-21)19-10-8-9-18(3)17-19/h8-10,17,20H,4-7,11-16H2,1-3H3. The average molecular weight is 383 g/mol. The van der Waals surface area contributed by atoms with E-state index in [1.165, 1.54) is 15.6 Å². The van der Waals surface area contributed by atoms with Gasteiger partial charge >= 0.3 is 0 Å². The fourth-order valence-electron chi connectivity index (χ4n) is 3.37. The molecule has 2 rings (SSSR count). The summed E-state index contributed by atoms with van der Waals surface area (Å²) in [5, 5.41) is 0. The second kappa shape index (κ2) is 10.3. The number of benzene rings is 1. The highest BCUT2D eigenvalue weighted by Gasteiger charge is 2.18. The molecule has 1 aliphatic heterocycles. The predicted octanol–water partition coefficient (Wildman–Crippen LogP) is 2.07. The topological polar surface area (TPSA) is 55.9 Å². The fourth-order valence-corrected chi connectivity index (χ4v) is 4.64. The zero-order chi connectivity index (χ0) is 19.0. The normalized spacial score (nSPS) is 16.4. The highest BCUT2D eigenvalue weighted by atomic mass is 32.2. The molecular formula is C19H34N4O2S. The molecule has 1 aliphatic rings. The van der Waals surface area contributed by atoms with Gasteiger partial charge < -0.3 is 4.90 Å². The minimum Gasteiger partial charge on any atom is -0.369 e. The zero-order valence-corrected chi connectivity index (χ0v) is 17.3. The lowest BCUT2D eigenvalue weighted by Crippen LogP contribution is -2.46. The molecule has 1 aromatic rings. The monoisotopic (exact) mass is 382 g/mol. The van der Waals surface area contributed by atoms with Gasteiger partial charge in [-0.3, -0.25) is 4.90 Å². The molecule has 1 saturated heterocycles. The molecule has 0 saturated carbocycles. The number of nitrogens with one attached hydrogen (secondary N) is 1. The molecule has 0 spiro atoms. The van der Waals surface area contributed by atoms with E-state index in [-0.39, 0.29) is 0 Å². The first-order valence-electron chi connectivity index (χ1n) is 9.75. The molecule has 0 aromatic heterocycles. The van der Waals surface area contributed by atoms with Crippen LogP contribution in [0.25, 0.3) is 0 Å². The maximum Gasteiger partial charge on any atom is 0.279 e. The molecule has 7 heteroatoms. The lowest BCUT2D eigenvalue weighted by Gasteiger charge is -2.36. The van der Waals surface area contributed by atoms with E-state index in [9.17, 15) is 8.42 Å². The van der Waals surface area contributed by atoms with Crippen molar-refractivity contribution in [3.63, 3.8) is 0 Å². The lowest BCUT2D eigenvalue weighted by atomic mass is 10.2. The van der Waals surface area contributed by atoms with Crippen molar-refractivity contribution in [1.82, 2.24) is 13.9 Å². The van der Waals surface area contributed by atoms with Gasteiger partial charge in [0.2, 0.25) is 0 Å². The Labute approximate surface area is 159 Å². The Morgan fingerprint density at radius 1 is 1.08 bits per heavy atom. The Balaban J connectivity index is 1.63. The second-order valence-electron chi connectivity index (χ2n) is 6.86. The number of hydrogen-bond acceptors (Lipinski definition) is 4. The number of aryl methyl sites for hydroxylation is 1. The molecule has 0 atom stereocenters. The number of piperazine rings is 1. The van der Waals surface area contributed by atoms with Gasteiger partial charge in [-0.1, -0.05) is 26.0 Å². The van der Waals surface area contributed by atoms with E-state index in [0.29, 0.717) is 19.6 Å². The molecule has 1 heterocycles. The maximum atomic E-state index is 12.1. The molecule has 148 valence electrons. The van der Waals surface area contributed by atoms with Gasteiger partial charge in [-0.25, -0.2) is 4.72 Å². The van der Waals surface area contributed by atoms with Crippen LogP contribution in [0.15, 0.2) is 24.3 Å². The Morgan fingerprint density at radius 3 is 2.38 bits per heavy atom. The molecule has 0 unspecified atom stereocenters. The Morgan fingerprint density at radius 2 is 1.77 bits per heavy atom. The molecule has 6 nitrogen and oxygen atoms in total. The molecule has 0 aliphatic carbocycles. The van der Waals surface area contributed by atoms with E-state index in [2.05, 4.69) is 45.7 Å². The van der Waals surface area contributed by atoms with Crippen molar-refractivity contribution in [1.29, 1.82) is 0 Å². The minimum atomic E-state index is -3.31. The summed E-state index contributed by atoms with van der Waals surface area (Å²) in [6.07, 6.45) is 1.89. The molecule has 1 N–H and O–H groups in total. The second-order valence-corrected chi connectivity index (χ2v) is 8.61. The number of unbranched alkanes of at least 4 members (excludes halogenated alkanes) is 1. The Kier molecular flexibility index (Phi) is 8.34. The number of hydrogen-bond donors (Lipinski definition) is 1. The van der Waals surface area contributed by atoms with Crippen molar-refractivity contribution >= 4 is 15.9 Å². The molecule has 0 amide bonds. The Hall–Kier alpha value is -1.15. The van der Waals surface area contributed by atoms with Gasteiger partial charge in [0.15, 0.2) is 0 Å². The van der Waals surface area contributed by atoms with E-state index < -0.39 is 10.2 Å². The van der Waals surface area contributed by atoms with Crippen LogP contribution in [0.4, 0.5) is 5.69 Å². The van der Waals surface area contributed by atoms with Crippen LogP contribution in [0.2, 0.25) is 0 Å². The summed E-state index contributed by atoms with van der Waals surface area (Å²) in [7, 11) is -3.31. The fraction of sp³-hybridized carbons (Fsp3) is 0.684. The summed E-state index contributed by atoms with van der Waals surface area (Å²) < 4.78 is 28.3. The van der Waals surface area contributed by atoms with E-state index in [1.54, 1.807) is 0 Å². The third-order valence-electron chi connectivity index (χ3n) is 4.97. The average Bonchev–Trinajstić information content (AvgIpc) is 2.62. The summed E-state index contributed by atoms with van der Waals surface area (Å²) in [4.78, 5) is 4.92. The first-order chi connectivity index (χ1) is 12.5. The van der Waals surface area contributed by atoms with E-state index >= 15 is 0 Å². The molecular weight excluding hydrogens is 348 g/mol. The van der Waals surface area contributed by atoms with Gasteiger partial charge in [0.25, 0.3) is 10.2 Å². The van der Waals surface area contributed by atoms with Crippen LogP contribution in [-0.4, -0.2) is 70.0 Å². The van der Waals surface area contributed by atoms with Gasteiger partial charge in [-0.05, 0) is 44.0 Å². The molecule has 1 fully saturated rings. The van der Waals surface area contributed by atoms with Gasteiger partial charge in [0.1, 0.15) is 0 Å². The van der Waals surface area contributed by atoms with Crippen LogP contribution in [0.5, 0.6) is 0 Å². The summed E-state index contributed by atoms with van der Waals surface area (Å²) in [5.41, 5.74) is 2.62. The van der Waals surface area contributed by atoms with Crippen LogP contribution in [-0.2, 0) is 10.2 Å². The van der Waals surface area contributed by atoms with Crippen molar-refractivity contribution < 1.29 is 8.42 Å². The van der Waals surface area contributed by atoms with Crippen molar-refractivity contribution in [3.05, 3.63) is 29.8 Å². The van der Waals surface area contributed by atoms with Gasteiger partial charge in [0, 0.05) is 51.5 Å². The largest absolute Gasteiger partial charge is 0.369 e. The molecule has 26 heavy (non-hydrogen) atoms. The van der Waals surface area contributed by atoms with Crippen LogP contribution < -0.4 is 9.62 Å². The van der Waals surface area contributed by atoms with Crippen molar-refractivity contribution in [2.24, 2.45) is 0 Å². The third kappa shape index (κ3) is 6.23. The van der Waals surface area contributed by atoms with Crippen molar-refractivity contribution in [2.75, 3.05) is 57.3 Å². The van der Waals surface area contributed by atoms with Crippen LogP contribution in [0.1, 0.15) is 32.3 Å². The number of nitrogens with zero attached hydrogens (tertiary/aromatic N) is 3. The predicted molar refractivity (Wildman–Crippen MR) is 109 cm³/mol. The SMILES string of the molecule is CCN(CC)S(=O)(=O)NCCCCN1CCN(c2cccc(C)c2)CC1. The van der Waals surface area contributed by atoms with E-state index in [4.69, 9.17) is 0 Å². The smallest absolute Gasteiger partial charge is 0.279 e. The first kappa shape index (κ1) is 21.2. The number of rotatable bonds is 10. The Bertz CT molecular complexity index is 639. The van der Waals surface area contributed by atoms with Gasteiger partial charge in [-0.2, -0.15) is 12.7 Å². The molecule has 0 bridgehead atoms. The zero-order valence-electron chi connectivity index (χ0n) is 16.4. The summed E-state index contributed by atoms with van der Waals surface area (Å²) >= 11 is 0. The van der Waals surface area contributed by atoms with E-state index in [0.717, 1.165) is 45.6 Å². The van der Waals surface area contributed by atoms with E-state index in [1.807, 2.05) is 13.8 Å². The third-order valence-corrected chi connectivity index (χ3v) is 6.74. The van der Waals surface area contributed by atoms with Gasteiger partial charge in [-0.15, -0.1) is 0 Å². The highest BCUT2D eigenvalue weighted by Crippen LogP contribution is 2.17. The van der Waals surface area contributed by atoms with Crippen molar-refractivity contribution in [2.45, 2.75) is 33.6 Å². The van der Waals surface area contributed by atoms with Crippen LogP contribution in [0, 0.1) is 6.92 Å². The molecule has 1 aromatic carbocycles. The molecule has 0 radical (unpaired) electrons. The maximum absolute atomic E-state index is 12.1. The van der Waals surface area contributed by atoms with Crippen molar-refractivity contribution in [3.8, 4) is 0 Å². The summed E-state index contributed by atoms with van der Waals surface area (Å²) in [5.74, 6) is 0. The van der Waals surface area contributed by atoms with Gasteiger partial charge in [0.05, 0.1) is 0 Å². The summed E-state index contributed by atoms with van der Waals surface area (Å²) in [6.45, 7) is 12.7. The minimum absolute atomic E-state index is 0.511. The first-order valence-corrected chi connectivity index (χ1v) is 11.2. The highest BCUT2D eigenvalue weighted by molar-refractivity contribution is 7.87. The van der Waals surface area contributed by atoms with Crippen LogP contribution >= 0.6 is 0 Å².